The van der Waals surface area contributed by atoms with Gasteiger partial charge in [-0.25, -0.2) is 0 Å². The van der Waals surface area contributed by atoms with E-state index in [9.17, 15) is 5.26 Å². The van der Waals surface area contributed by atoms with E-state index in [1.807, 2.05) is 72.3 Å². The van der Waals surface area contributed by atoms with Crippen LogP contribution >= 0.6 is 0 Å². The molecule has 0 aliphatic rings. The lowest BCUT2D eigenvalue weighted by Gasteiger charge is -2.04. The molecular weight excluding hydrogens is 258 g/mol. The first kappa shape index (κ1) is 13.0. The number of hydrogen-bond acceptors (Lipinski definition) is 2. The molecule has 2 N–H and O–H groups in total. The van der Waals surface area contributed by atoms with E-state index in [0.29, 0.717) is 11.4 Å². The number of anilines is 1. The van der Waals surface area contributed by atoms with Gasteiger partial charge >= 0.3 is 0 Å². The second-order valence-electron chi connectivity index (χ2n) is 4.94. The molecule has 0 saturated heterocycles. The van der Waals surface area contributed by atoms with Crippen molar-refractivity contribution in [3.63, 3.8) is 0 Å². The molecule has 2 aromatic carbocycles. The van der Waals surface area contributed by atoms with Gasteiger partial charge in [0.15, 0.2) is 0 Å². The Kier molecular flexibility index (Phi) is 3.21. The van der Waals surface area contributed by atoms with Gasteiger partial charge in [0.25, 0.3) is 0 Å². The third kappa shape index (κ3) is 2.17. The van der Waals surface area contributed by atoms with E-state index < -0.39 is 0 Å². The summed E-state index contributed by atoms with van der Waals surface area (Å²) in [5.41, 5.74) is 10.7. The number of rotatable bonds is 2. The van der Waals surface area contributed by atoms with Gasteiger partial charge in [-0.05, 0) is 30.2 Å². The zero-order valence-electron chi connectivity index (χ0n) is 11.7. The van der Waals surface area contributed by atoms with Gasteiger partial charge in [0.05, 0.1) is 0 Å². The minimum absolute atomic E-state index is 0.474. The van der Waals surface area contributed by atoms with Gasteiger partial charge in [-0.3, -0.25) is 0 Å². The van der Waals surface area contributed by atoms with Crippen LogP contribution in [-0.2, 0) is 0 Å². The van der Waals surface area contributed by atoms with Crippen molar-refractivity contribution < 1.29 is 0 Å². The van der Waals surface area contributed by atoms with Crippen LogP contribution in [0, 0.1) is 18.3 Å². The minimum atomic E-state index is 0.474. The normalized spacial score (nSPS) is 10.3. The van der Waals surface area contributed by atoms with Crippen LogP contribution in [0.4, 0.5) is 5.82 Å². The van der Waals surface area contributed by atoms with Crippen molar-refractivity contribution >= 4 is 5.82 Å². The molecule has 0 spiro atoms. The van der Waals surface area contributed by atoms with Gasteiger partial charge in [-0.1, -0.05) is 42.5 Å². The van der Waals surface area contributed by atoms with Gasteiger partial charge in [0.2, 0.25) is 0 Å². The molecule has 1 heterocycles. The molecule has 0 aliphatic heterocycles. The molecule has 1 aromatic heterocycles. The summed E-state index contributed by atoms with van der Waals surface area (Å²) >= 11 is 0. The number of para-hydroxylation sites is 1. The molecule has 0 fully saturated rings. The van der Waals surface area contributed by atoms with E-state index in [1.54, 1.807) is 0 Å². The fraction of sp³-hybridized carbons (Fsp3) is 0.0556. The first-order chi connectivity index (χ1) is 10.2. The Morgan fingerprint density at radius 1 is 0.952 bits per heavy atom. The smallest absolute Gasteiger partial charge is 0.126 e. The lowest BCUT2D eigenvalue weighted by molar-refractivity contribution is 1.09. The van der Waals surface area contributed by atoms with Crippen LogP contribution in [-0.4, -0.2) is 4.57 Å². The SMILES string of the molecule is Cc1ccccc1-c1cn(-c2ccccc2)c(N)c1C#N. The van der Waals surface area contributed by atoms with Crippen LogP contribution in [0.2, 0.25) is 0 Å². The summed E-state index contributed by atoms with van der Waals surface area (Å²) in [5.74, 6) is 0.474. The average Bonchev–Trinajstić information content (AvgIpc) is 2.85. The minimum Gasteiger partial charge on any atom is -0.384 e. The van der Waals surface area contributed by atoms with E-state index in [4.69, 9.17) is 5.73 Å². The number of nitrogens with two attached hydrogens (primary N) is 1. The van der Waals surface area contributed by atoms with Crippen LogP contribution in [0.3, 0.4) is 0 Å². The summed E-state index contributed by atoms with van der Waals surface area (Å²) in [6.07, 6.45) is 1.94. The molecule has 0 atom stereocenters. The second-order valence-corrected chi connectivity index (χ2v) is 4.94. The molecule has 0 bridgehead atoms. The van der Waals surface area contributed by atoms with Gasteiger partial charge in [0, 0.05) is 17.4 Å². The maximum absolute atomic E-state index is 9.47. The van der Waals surface area contributed by atoms with Gasteiger partial charge < -0.3 is 10.3 Å². The van der Waals surface area contributed by atoms with Crippen molar-refractivity contribution in [3.05, 3.63) is 71.9 Å². The van der Waals surface area contributed by atoms with Crippen molar-refractivity contribution in [1.82, 2.24) is 4.57 Å². The quantitative estimate of drug-likeness (QED) is 0.769. The highest BCUT2D eigenvalue weighted by Crippen LogP contribution is 2.33. The number of nitrogen functional groups attached to an aromatic ring is 1. The monoisotopic (exact) mass is 273 g/mol. The highest BCUT2D eigenvalue weighted by Gasteiger charge is 2.16. The predicted molar refractivity (Wildman–Crippen MR) is 85.1 cm³/mol. The third-order valence-corrected chi connectivity index (χ3v) is 3.62. The van der Waals surface area contributed by atoms with Crippen molar-refractivity contribution in [3.8, 4) is 22.9 Å². The summed E-state index contributed by atoms with van der Waals surface area (Å²) in [6.45, 7) is 2.03. The van der Waals surface area contributed by atoms with Crippen molar-refractivity contribution in [2.24, 2.45) is 0 Å². The Morgan fingerprint density at radius 3 is 2.29 bits per heavy atom. The number of nitriles is 1. The molecule has 3 heteroatoms. The van der Waals surface area contributed by atoms with Gasteiger partial charge in [-0.15, -0.1) is 0 Å². The molecule has 0 aliphatic carbocycles. The van der Waals surface area contributed by atoms with E-state index in [2.05, 4.69) is 6.07 Å². The van der Waals surface area contributed by atoms with Crippen LogP contribution in [0.5, 0.6) is 0 Å². The zero-order chi connectivity index (χ0) is 14.8. The summed E-state index contributed by atoms with van der Waals surface area (Å²) in [7, 11) is 0. The first-order valence-electron chi connectivity index (χ1n) is 6.74. The molecule has 21 heavy (non-hydrogen) atoms. The Balaban J connectivity index is 2.25. The number of aromatic nitrogens is 1. The Hall–Kier alpha value is -2.99. The fourth-order valence-electron chi connectivity index (χ4n) is 2.52. The van der Waals surface area contributed by atoms with Gasteiger partial charge in [0.1, 0.15) is 17.5 Å². The highest BCUT2D eigenvalue weighted by atomic mass is 15.0. The van der Waals surface area contributed by atoms with Crippen LogP contribution < -0.4 is 5.73 Å². The summed E-state index contributed by atoms with van der Waals surface area (Å²) < 4.78 is 1.86. The first-order valence-corrected chi connectivity index (χ1v) is 6.74. The second kappa shape index (κ2) is 5.18. The van der Waals surface area contributed by atoms with E-state index in [1.165, 1.54) is 0 Å². The highest BCUT2D eigenvalue weighted by molar-refractivity contribution is 5.79. The lowest BCUT2D eigenvalue weighted by atomic mass is 10.0. The molecular formula is C18H15N3. The average molecular weight is 273 g/mol. The Morgan fingerprint density at radius 2 is 1.62 bits per heavy atom. The van der Waals surface area contributed by atoms with Crippen molar-refractivity contribution in [2.75, 3.05) is 5.73 Å². The summed E-state index contributed by atoms with van der Waals surface area (Å²) in [4.78, 5) is 0. The Labute approximate surface area is 123 Å². The zero-order valence-corrected chi connectivity index (χ0v) is 11.7. The standard InChI is InChI=1S/C18H15N3/c1-13-7-5-6-10-15(13)17-12-21(18(20)16(17)11-19)14-8-3-2-4-9-14/h2-10,12H,20H2,1H3. The summed E-state index contributed by atoms with van der Waals surface area (Å²) in [5, 5.41) is 9.47. The van der Waals surface area contributed by atoms with Crippen LogP contribution in [0.25, 0.3) is 16.8 Å². The molecule has 3 nitrogen and oxygen atoms in total. The van der Waals surface area contributed by atoms with Crippen molar-refractivity contribution in [2.45, 2.75) is 6.92 Å². The number of nitrogens with zero attached hydrogens (tertiary/aromatic N) is 2. The summed E-state index contributed by atoms with van der Waals surface area (Å²) in [6, 6.07) is 20.0. The fourth-order valence-corrected chi connectivity index (χ4v) is 2.52. The number of benzene rings is 2. The van der Waals surface area contributed by atoms with Gasteiger partial charge in [-0.2, -0.15) is 5.26 Å². The lowest BCUT2D eigenvalue weighted by Crippen LogP contribution is -1.99. The third-order valence-electron chi connectivity index (χ3n) is 3.62. The molecule has 3 aromatic rings. The maximum atomic E-state index is 9.47. The van der Waals surface area contributed by atoms with E-state index in [0.717, 1.165) is 22.4 Å². The molecule has 102 valence electrons. The molecule has 0 unspecified atom stereocenters. The number of aryl methyl sites for hydroxylation is 1. The van der Waals surface area contributed by atoms with E-state index in [-0.39, 0.29) is 0 Å². The topological polar surface area (TPSA) is 54.7 Å². The predicted octanol–water partition coefficient (Wildman–Crippen LogP) is 3.91. The van der Waals surface area contributed by atoms with Crippen LogP contribution in [0.1, 0.15) is 11.1 Å². The van der Waals surface area contributed by atoms with E-state index >= 15 is 0 Å². The maximum Gasteiger partial charge on any atom is 0.126 e. The largest absolute Gasteiger partial charge is 0.384 e. The Bertz CT molecular complexity index is 823. The molecule has 0 radical (unpaired) electrons. The van der Waals surface area contributed by atoms with Crippen molar-refractivity contribution in [1.29, 1.82) is 5.26 Å². The number of hydrogen-bond donors (Lipinski definition) is 1. The van der Waals surface area contributed by atoms with Crippen LogP contribution in [0.15, 0.2) is 60.8 Å². The molecule has 3 rings (SSSR count). The molecule has 0 saturated carbocycles. The molecule has 0 amide bonds.